The third-order valence-corrected chi connectivity index (χ3v) is 3.55. The molecule has 5 heteroatoms. The van der Waals surface area contributed by atoms with E-state index < -0.39 is 5.69 Å². The molecular weight excluding hydrogens is 276 g/mol. The van der Waals surface area contributed by atoms with E-state index in [1.54, 1.807) is 6.07 Å². The van der Waals surface area contributed by atoms with Gasteiger partial charge in [0.15, 0.2) is 0 Å². The number of H-pyrrole nitrogens is 1. The molecule has 1 N–H and O–H groups in total. The molecule has 0 aliphatic heterocycles. The van der Waals surface area contributed by atoms with Crippen LogP contribution in [0.15, 0.2) is 33.9 Å². The summed E-state index contributed by atoms with van der Waals surface area (Å²) in [5.41, 5.74) is 1.25. The molecule has 0 atom stereocenters. The summed E-state index contributed by atoms with van der Waals surface area (Å²) in [6.07, 6.45) is 2.17. The number of aromatic nitrogens is 2. The third kappa shape index (κ3) is 2.70. The Labute approximate surface area is 122 Å². The summed E-state index contributed by atoms with van der Waals surface area (Å²) in [6.45, 7) is 3.99. The van der Waals surface area contributed by atoms with Crippen molar-refractivity contribution in [2.45, 2.75) is 33.1 Å². The van der Waals surface area contributed by atoms with Gasteiger partial charge in [-0.1, -0.05) is 44.0 Å². The first-order valence-corrected chi connectivity index (χ1v) is 7.09. The molecule has 4 nitrogen and oxygen atoms in total. The Balaban J connectivity index is 2.70. The largest absolute Gasteiger partial charge is 0.334 e. The fourth-order valence-corrected chi connectivity index (χ4v) is 2.42. The second-order valence-corrected chi connectivity index (χ2v) is 5.01. The van der Waals surface area contributed by atoms with Gasteiger partial charge in [0.1, 0.15) is 5.15 Å². The predicted molar refractivity (Wildman–Crippen MR) is 81.0 cm³/mol. The molecule has 20 heavy (non-hydrogen) atoms. The number of halogens is 1. The Morgan fingerprint density at radius 1 is 1.25 bits per heavy atom. The average Bonchev–Trinajstić information content (AvgIpc) is 2.43. The lowest BCUT2D eigenvalue weighted by atomic mass is 10.1. The maximum absolute atomic E-state index is 12.5. The molecule has 2 rings (SSSR count). The van der Waals surface area contributed by atoms with E-state index >= 15 is 0 Å². The minimum absolute atomic E-state index is 0.143. The summed E-state index contributed by atoms with van der Waals surface area (Å²) in [6, 6.07) is 7.40. The molecule has 0 spiro atoms. The summed E-state index contributed by atoms with van der Waals surface area (Å²) in [4.78, 5) is 27.0. The first-order valence-electron chi connectivity index (χ1n) is 6.71. The van der Waals surface area contributed by atoms with Gasteiger partial charge in [0.05, 0.1) is 11.3 Å². The fraction of sp³-hybridized carbons (Fsp3) is 0.333. The highest BCUT2D eigenvalue weighted by Gasteiger charge is 2.13. The quantitative estimate of drug-likeness (QED) is 0.881. The van der Waals surface area contributed by atoms with Crippen LogP contribution in [0, 0.1) is 0 Å². The van der Waals surface area contributed by atoms with Gasteiger partial charge in [-0.05, 0) is 30.5 Å². The van der Waals surface area contributed by atoms with Crippen molar-refractivity contribution >= 4 is 11.6 Å². The van der Waals surface area contributed by atoms with Gasteiger partial charge in [0, 0.05) is 0 Å². The van der Waals surface area contributed by atoms with Crippen LogP contribution in [0.5, 0.6) is 0 Å². The molecule has 1 heterocycles. The van der Waals surface area contributed by atoms with Gasteiger partial charge >= 0.3 is 5.69 Å². The van der Waals surface area contributed by atoms with Crippen molar-refractivity contribution in [1.29, 1.82) is 0 Å². The summed E-state index contributed by atoms with van der Waals surface area (Å²) in [5.74, 6) is 0. The molecule has 0 saturated carbocycles. The fourth-order valence-electron chi connectivity index (χ4n) is 2.16. The van der Waals surface area contributed by atoms with E-state index in [0.29, 0.717) is 17.7 Å². The van der Waals surface area contributed by atoms with E-state index in [-0.39, 0.29) is 10.7 Å². The number of benzene rings is 1. The van der Waals surface area contributed by atoms with E-state index in [1.807, 2.05) is 32.0 Å². The zero-order chi connectivity index (χ0) is 14.7. The lowest BCUT2D eigenvalue weighted by Gasteiger charge is -2.09. The van der Waals surface area contributed by atoms with Crippen molar-refractivity contribution in [2.75, 3.05) is 0 Å². The van der Waals surface area contributed by atoms with Crippen molar-refractivity contribution in [2.24, 2.45) is 0 Å². The average molecular weight is 293 g/mol. The SMILES string of the molecule is CCCc1c(Cl)[nH]c(=O)n(-c2cccc(CC)c2)c1=O. The van der Waals surface area contributed by atoms with Gasteiger partial charge in [0.25, 0.3) is 5.56 Å². The summed E-state index contributed by atoms with van der Waals surface area (Å²) < 4.78 is 1.15. The monoisotopic (exact) mass is 292 g/mol. The smallest absolute Gasteiger partial charge is 0.297 e. The van der Waals surface area contributed by atoms with Crippen LogP contribution in [-0.2, 0) is 12.8 Å². The van der Waals surface area contributed by atoms with Crippen LogP contribution in [0.25, 0.3) is 5.69 Å². The predicted octanol–water partition coefficient (Wildman–Crippen LogP) is 2.69. The maximum atomic E-state index is 12.5. The molecule has 0 unspecified atom stereocenters. The molecule has 0 aliphatic carbocycles. The molecule has 2 aromatic rings. The Hall–Kier alpha value is -1.81. The summed E-state index contributed by atoms with van der Waals surface area (Å²) in [7, 11) is 0. The van der Waals surface area contributed by atoms with Crippen LogP contribution in [0.1, 0.15) is 31.4 Å². The molecule has 0 bridgehead atoms. The lowest BCUT2D eigenvalue weighted by Crippen LogP contribution is -2.36. The number of aryl methyl sites for hydroxylation is 1. The van der Waals surface area contributed by atoms with Crippen molar-refractivity contribution in [3.8, 4) is 5.69 Å². The molecular formula is C15H17ClN2O2. The first kappa shape index (κ1) is 14.6. The molecule has 1 aromatic heterocycles. The van der Waals surface area contributed by atoms with Gasteiger partial charge in [-0.2, -0.15) is 0 Å². The lowest BCUT2D eigenvalue weighted by molar-refractivity contribution is 0.810. The maximum Gasteiger partial charge on any atom is 0.334 e. The summed E-state index contributed by atoms with van der Waals surface area (Å²) in [5, 5.41) is 0.143. The van der Waals surface area contributed by atoms with E-state index in [1.165, 1.54) is 0 Å². The highest BCUT2D eigenvalue weighted by atomic mass is 35.5. The molecule has 0 saturated heterocycles. The zero-order valence-electron chi connectivity index (χ0n) is 11.6. The number of hydrogen-bond acceptors (Lipinski definition) is 2. The topological polar surface area (TPSA) is 54.9 Å². The zero-order valence-corrected chi connectivity index (χ0v) is 12.3. The number of aromatic amines is 1. The highest BCUT2D eigenvalue weighted by molar-refractivity contribution is 6.30. The van der Waals surface area contributed by atoms with Gasteiger partial charge in [-0.15, -0.1) is 0 Å². The van der Waals surface area contributed by atoms with E-state index in [9.17, 15) is 9.59 Å². The van der Waals surface area contributed by atoms with Crippen LogP contribution in [-0.4, -0.2) is 9.55 Å². The molecule has 0 fully saturated rings. The van der Waals surface area contributed by atoms with Crippen molar-refractivity contribution in [3.05, 3.63) is 61.4 Å². The van der Waals surface area contributed by atoms with Gasteiger partial charge in [0.2, 0.25) is 0 Å². The van der Waals surface area contributed by atoms with E-state index in [2.05, 4.69) is 4.98 Å². The van der Waals surface area contributed by atoms with E-state index in [0.717, 1.165) is 23.0 Å². The van der Waals surface area contributed by atoms with Crippen molar-refractivity contribution in [3.63, 3.8) is 0 Å². The second kappa shape index (κ2) is 6.09. The van der Waals surface area contributed by atoms with Crippen LogP contribution >= 0.6 is 11.6 Å². The van der Waals surface area contributed by atoms with Crippen LogP contribution in [0.2, 0.25) is 5.15 Å². The van der Waals surface area contributed by atoms with Gasteiger partial charge < -0.3 is 0 Å². The summed E-state index contributed by atoms with van der Waals surface area (Å²) >= 11 is 5.96. The molecule has 0 amide bonds. The number of nitrogens with zero attached hydrogens (tertiary/aromatic N) is 1. The minimum Gasteiger partial charge on any atom is -0.297 e. The van der Waals surface area contributed by atoms with Crippen LogP contribution in [0.4, 0.5) is 0 Å². The van der Waals surface area contributed by atoms with E-state index in [4.69, 9.17) is 11.6 Å². The van der Waals surface area contributed by atoms with Gasteiger partial charge in [-0.25, -0.2) is 9.36 Å². The molecule has 0 aliphatic rings. The van der Waals surface area contributed by atoms with Crippen molar-refractivity contribution < 1.29 is 0 Å². The van der Waals surface area contributed by atoms with Crippen molar-refractivity contribution in [1.82, 2.24) is 9.55 Å². The second-order valence-electron chi connectivity index (χ2n) is 4.64. The molecule has 1 aromatic carbocycles. The Kier molecular flexibility index (Phi) is 4.45. The Morgan fingerprint density at radius 3 is 2.65 bits per heavy atom. The highest BCUT2D eigenvalue weighted by Crippen LogP contribution is 2.11. The van der Waals surface area contributed by atoms with Crippen LogP contribution in [0.3, 0.4) is 0 Å². The normalized spacial score (nSPS) is 10.8. The third-order valence-electron chi connectivity index (χ3n) is 3.22. The number of nitrogens with one attached hydrogen (secondary N) is 1. The van der Waals surface area contributed by atoms with Gasteiger partial charge in [-0.3, -0.25) is 9.78 Å². The van der Waals surface area contributed by atoms with Crippen LogP contribution < -0.4 is 11.2 Å². The molecule has 0 radical (unpaired) electrons. The Bertz CT molecular complexity index is 731. The number of rotatable bonds is 4. The standard InChI is InChI=1S/C15H17ClN2O2/c1-3-6-12-13(16)17-15(20)18(14(12)19)11-8-5-7-10(4-2)9-11/h5,7-9H,3-4,6H2,1-2H3,(H,17,20). The number of hydrogen-bond donors (Lipinski definition) is 1. The molecule has 106 valence electrons. The minimum atomic E-state index is -0.506. The first-order chi connectivity index (χ1) is 9.58. The Morgan fingerprint density at radius 2 is 2.00 bits per heavy atom.